The van der Waals surface area contributed by atoms with Crippen molar-refractivity contribution in [1.29, 1.82) is 0 Å². The van der Waals surface area contributed by atoms with Gasteiger partial charge in [0.2, 0.25) is 0 Å². The molecule has 7 bridgehead atoms. The average Bonchev–Trinajstić information content (AvgIpc) is 3.54. The number of piperidine rings is 1. The van der Waals surface area contributed by atoms with Crippen LogP contribution in [0.1, 0.15) is 85.1 Å². The standard InChI is InChI=1S/C40H52N2O8/c1-7-42-21-37(50-36(44)25-10-8-9-11-28(25)41-35(43)24-14-12-23(13-15-24)22(2)3)17-16-32(48-5)39-30(37)19-27(33(39)42)38(45)20-29(47-4)26-18-31(39)40(38,46)34(26)49-6/h8-15,22,26-27,29-34,45-46H,7,16-21H2,1-6H3,(H,41,43)/t26-,27+,29+,30-,31+,32+,33?,34+,37-,38+,39+,40+/m1/s1. The van der Waals surface area contributed by atoms with Crippen molar-refractivity contribution in [1.82, 2.24) is 4.90 Å². The van der Waals surface area contributed by atoms with Gasteiger partial charge in [-0.25, -0.2) is 4.79 Å². The molecular weight excluding hydrogens is 636 g/mol. The minimum absolute atomic E-state index is 0.0645. The largest absolute Gasteiger partial charge is 0.454 e. The summed E-state index contributed by atoms with van der Waals surface area (Å²) in [5.74, 6) is -1.33. The van der Waals surface area contributed by atoms with Crippen LogP contribution in [0.25, 0.3) is 0 Å². The third-order valence-corrected chi connectivity index (χ3v) is 14.4. The highest BCUT2D eigenvalue weighted by Crippen LogP contribution is 2.79. The first kappa shape index (κ1) is 34.2. The average molecular weight is 689 g/mol. The maximum Gasteiger partial charge on any atom is 0.340 e. The summed E-state index contributed by atoms with van der Waals surface area (Å²) in [6, 6.07) is 14.5. The summed E-state index contributed by atoms with van der Waals surface area (Å²) in [5.41, 5.74) is -2.08. The van der Waals surface area contributed by atoms with Crippen molar-refractivity contribution in [2.75, 3.05) is 39.7 Å². The molecule has 1 spiro atoms. The highest BCUT2D eigenvalue weighted by molar-refractivity contribution is 6.08. The first-order valence-corrected chi connectivity index (χ1v) is 18.5. The number of nitrogens with one attached hydrogen (secondary N) is 1. The van der Waals surface area contributed by atoms with E-state index in [1.165, 1.54) is 0 Å². The summed E-state index contributed by atoms with van der Waals surface area (Å²) in [6.07, 6.45) is 1.78. The van der Waals surface area contributed by atoms with E-state index < -0.39 is 34.3 Å². The molecule has 1 saturated heterocycles. The molecule has 1 unspecified atom stereocenters. The summed E-state index contributed by atoms with van der Waals surface area (Å²) >= 11 is 0. The molecule has 5 aliphatic carbocycles. The molecule has 8 rings (SSSR count). The Morgan fingerprint density at radius 1 is 0.980 bits per heavy atom. The summed E-state index contributed by atoms with van der Waals surface area (Å²) in [4.78, 5) is 30.3. The third kappa shape index (κ3) is 4.23. The van der Waals surface area contributed by atoms with Gasteiger partial charge in [0.25, 0.3) is 5.91 Å². The molecule has 5 saturated carbocycles. The predicted octanol–water partition coefficient (Wildman–Crippen LogP) is 4.64. The summed E-state index contributed by atoms with van der Waals surface area (Å²) in [5, 5.41) is 28.9. The lowest BCUT2D eigenvalue weighted by atomic mass is 9.44. The summed E-state index contributed by atoms with van der Waals surface area (Å²) < 4.78 is 25.4. The van der Waals surface area contributed by atoms with E-state index in [-0.39, 0.29) is 47.8 Å². The van der Waals surface area contributed by atoms with Gasteiger partial charge in [-0.3, -0.25) is 9.69 Å². The molecule has 10 nitrogen and oxygen atoms in total. The van der Waals surface area contributed by atoms with Crippen LogP contribution < -0.4 is 5.32 Å². The molecule has 1 heterocycles. The number of nitrogens with zero attached hydrogens (tertiary/aromatic N) is 1. The van der Waals surface area contributed by atoms with E-state index in [1.807, 2.05) is 24.3 Å². The van der Waals surface area contributed by atoms with Gasteiger partial charge in [-0.1, -0.05) is 45.0 Å². The maximum absolute atomic E-state index is 14.5. The van der Waals surface area contributed by atoms with Crippen LogP contribution in [0.15, 0.2) is 48.5 Å². The van der Waals surface area contributed by atoms with Crippen LogP contribution in [0, 0.1) is 29.1 Å². The Hall–Kier alpha value is -2.86. The zero-order valence-corrected chi connectivity index (χ0v) is 30.1. The Morgan fingerprint density at radius 3 is 2.38 bits per heavy atom. The maximum atomic E-state index is 14.5. The lowest BCUT2D eigenvalue weighted by molar-refractivity contribution is -0.337. The summed E-state index contributed by atoms with van der Waals surface area (Å²) in [6.45, 7) is 7.56. The fraction of sp³-hybridized carbons (Fsp3) is 0.650. The monoisotopic (exact) mass is 688 g/mol. The number of ether oxygens (including phenoxy) is 4. The Balaban J connectivity index is 1.17. The number of likely N-dealkylation sites (N-methyl/N-ethyl adjacent to an activating group) is 1. The number of aliphatic hydroxyl groups is 2. The SMILES string of the molecule is CCN1C[C@]2(OC(=O)c3ccccc3NC(=O)c3ccc(C(C)C)cc3)CC[C@H](OC)[C@]34C1[C@H](C[C@H]23)[C@@]1(O)C[C@H](OC)[C@H]2C[C@@H]4[C@]1(O)[C@H]2OC. The van der Waals surface area contributed by atoms with Crippen LogP contribution >= 0.6 is 0 Å². The van der Waals surface area contributed by atoms with E-state index in [0.29, 0.717) is 67.9 Å². The molecule has 3 N–H and O–H groups in total. The van der Waals surface area contributed by atoms with E-state index in [2.05, 4.69) is 31.0 Å². The molecule has 2 aromatic rings. The van der Waals surface area contributed by atoms with Gasteiger partial charge in [-0.05, 0) is 68.0 Å². The van der Waals surface area contributed by atoms with Crippen LogP contribution in [0.2, 0.25) is 0 Å². The Morgan fingerprint density at radius 2 is 1.72 bits per heavy atom. The van der Waals surface area contributed by atoms with Crippen LogP contribution in [-0.4, -0.2) is 103 Å². The van der Waals surface area contributed by atoms with Crippen molar-refractivity contribution in [2.45, 2.75) is 100.0 Å². The number of methoxy groups -OCH3 is 3. The van der Waals surface area contributed by atoms with Crippen molar-refractivity contribution in [3.63, 3.8) is 0 Å². The number of para-hydroxylation sites is 1. The van der Waals surface area contributed by atoms with Crippen molar-refractivity contribution < 1.29 is 38.7 Å². The molecule has 6 aliphatic rings. The van der Waals surface area contributed by atoms with Crippen LogP contribution in [0.4, 0.5) is 5.69 Å². The second kappa shape index (κ2) is 11.8. The number of likely N-dealkylation sites (tertiary alicyclic amines) is 1. The van der Waals surface area contributed by atoms with Crippen molar-refractivity contribution in [3.05, 3.63) is 65.2 Å². The number of benzene rings is 2. The van der Waals surface area contributed by atoms with Gasteiger partial charge in [-0.15, -0.1) is 0 Å². The summed E-state index contributed by atoms with van der Waals surface area (Å²) in [7, 11) is 5.07. The van der Waals surface area contributed by atoms with E-state index in [4.69, 9.17) is 18.9 Å². The van der Waals surface area contributed by atoms with Gasteiger partial charge in [0.15, 0.2) is 0 Å². The number of carbonyl (C=O) groups excluding carboxylic acids is 2. The Kier molecular flexibility index (Phi) is 8.10. The van der Waals surface area contributed by atoms with Crippen molar-refractivity contribution >= 4 is 17.6 Å². The highest BCUT2D eigenvalue weighted by atomic mass is 16.6. The van der Waals surface area contributed by atoms with Gasteiger partial charge in [0.05, 0.1) is 29.6 Å². The lowest BCUT2D eigenvalue weighted by Crippen LogP contribution is -2.83. The highest BCUT2D eigenvalue weighted by Gasteiger charge is 2.89. The molecule has 0 radical (unpaired) electrons. The Bertz CT molecular complexity index is 1670. The predicted molar refractivity (Wildman–Crippen MR) is 186 cm³/mol. The smallest absolute Gasteiger partial charge is 0.340 e. The first-order chi connectivity index (χ1) is 23.9. The van der Waals surface area contributed by atoms with Gasteiger partial charge in [-0.2, -0.15) is 0 Å². The molecule has 12 atom stereocenters. The lowest BCUT2D eigenvalue weighted by Gasteiger charge is -2.70. The minimum Gasteiger partial charge on any atom is -0.454 e. The second-order valence-corrected chi connectivity index (χ2v) is 16.2. The quantitative estimate of drug-likeness (QED) is 0.323. The van der Waals surface area contributed by atoms with Crippen LogP contribution in [-0.2, 0) is 18.9 Å². The number of hydrogen-bond donors (Lipinski definition) is 3. The third-order valence-electron chi connectivity index (χ3n) is 14.4. The van der Waals surface area contributed by atoms with E-state index in [9.17, 15) is 19.8 Å². The van der Waals surface area contributed by atoms with Gasteiger partial charge < -0.3 is 34.5 Å². The van der Waals surface area contributed by atoms with Gasteiger partial charge >= 0.3 is 5.97 Å². The van der Waals surface area contributed by atoms with Gasteiger partial charge in [0.1, 0.15) is 16.8 Å². The number of anilines is 1. The molecule has 1 amide bonds. The normalized spacial score (nSPS) is 42.4. The van der Waals surface area contributed by atoms with E-state index in [0.717, 1.165) is 5.56 Å². The second-order valence-electron chi connectivity index (χ2n) is 16.2. The number of rotatable bonds is 9. The van der Waals surface area contributed by atoms with E-state index in [1.54, 1.807) is 45.6 Å². The molecule has 10 heteroatoms. The molecule has 270 valence electrons. The van der Waals surface area contributed by atoms with Crippen LogP contribution in [0.5, 0.6) is 0 Å². The number of hydrogen-bond acceptors (Lipinski definition) is 9. The minimum atomic E-state index is -1.50. The Labute approximate surface area is 294 Å². The van der Waals surface area contributed by atoms with Crippen LogP contribution in [0.3, 0.4) is 0 Å². The van der Waals surface area contributed by atoms with Crippen molar-refractivity contribution in [2.24, 2.45) is 29.1 Å². The topological polar surface area (TPSA) is 127 Å². The van der Waals surface area contributed by atoms with Gasteiger partial charge in [0, 0.05) is 75.0 Å². The fourth-order valence-electron chi connectivity index (χ4n) is 12.6. The number of carbonyl (C=O) groups is 2. The zero-order chi connectivity index (χ0) is 35.4. The fourth-order valence-corrected chi connectivity index (χ4v) is 12.6. The molecule has 0 aromatic heterocycles. The molecular formula is C40H52N2O8. The molecule has 50 heavy (non-hydrogen) atoms. The molecule has 1 aliphatic heterocycles. The molecule has 2 aromatic carbocycles. The first-order valence-electron chi connectivity index (χ1n) is 18.5. The van der Waals surface area contributed by atoms with E-state index >= 15 is 0 Å². The number of amides is 1. The van der Waals surface area contributed by atoms with Crippen molar-refractivity contribution in [3.8, 4) is 0 Å². The number of fused-ring (bicyclic) bond motifs is 2. The molecule has 6 fully saturated rings. The zero-order valence-electron chi connectivity index (χ0n) is 30.1. The number of esters is 1.